The topological polar surface area (TPSA) is 21.3 Å². The zero-order valence-corrected chi connectivity index (χ0v) is 13.1. The van der Waals surface area contributed by atoms with Crippen molar-refractivity contribution in [1.29, 1.82) is 0 Å². The predicted octanol–water partition coefficient (Wildman–Crippen LogP) is 4.01. The lowest BCUT2D eigenvalue weighted by Crippen LogP contribution is -2.21. The van der Waals surface area contributed by atoms with E-state index in [0.717, 1.165) is 19.6 Å². The van der Waals surface area contributed by atoms with Crippen molar-refractivity contribution in [2.75, 3.05) is 6.61 Å². The molecule has 0 atom stereocenters. The van der Waals surface area contributed by atoms with Crippen LogP contribution in [0.2, 0.25) is 0 Å². The molecule has 0 bridgehead atoms. The van der Waals surface area contributed by atoms with Crippen LogP contribution < -0.4 is 5.32 Å². The summed E-state index contributed by atoms with van der Waals surface area (Å²) in [6, 6.07) is 13.4. The molecule has 108 valence electrons. The van der Waals surface area contributed by atoms with E-state index in [1.54, 1.807) is 11.3 Å². The zero-order chi connectivity index (χ0) is 14.2. The SMILES string of the molecule is CC(C)NCc1cccc(COCCc2cccs2)c1. The average molecular weight is 289 g/mol. The molecule has 0 fully saturated rings. The molecule has 0 amide bonds. The fraction of sp³-hybridized carbons (Fsp3) is 0.412. The van der Waals surface area contributed by atoms with Gasteiger partial charge in [0.05, 0.1) is 13.2 Å². The second kappa shape index (κ2) is 8.20. The molecule has 2 nitrogen and oxygen atoms in total. The summed E-state index contributed by atoms with van der Waals surface area (Å²) in [7, 11) is 0. The first kappa shape index (κ1) is 15.2. The Morgan fingerprint density at radius 1 is 1.15 bits per heavy atom. The van der Waals surface area contributed by atoms with E-state index in [0.29, 0.717) is 12.6 Å². The maximum absolute atomic E-state index is 5.76. The van der Waals surface area contributed by atoms with Crippen LogP contribution in [0.1, 0.15) is 29.9 Å². The standard InChI is InChI=1S/C17H23NOS/c1-14(2)18-12-15-5-3-6-16(11-15)13-19-9-8-17-7-4-10-20-17/h3-7,10-11,14,18H,8-9,12-13H2,1-2H3. The molecule has 0 aliphatic rings. The molecule has 20 heavy (non-hydrogen) atoms. The van der Waals surface area contributed by atoms with Gasteiger partial charge in [0.25, 0.3) is 0 Å². The summed E-state index contributed by atoms with van der Waals surface area (Å²) < 4.78 is 5.76. The number of hydrogen-bond donors (Lipinski definition) is 1. The maximum atomic E-state index is 5.76. The molecule has 0 aliphatic carbocycles. The van der Waals surface area contributed by atoms with E-state index < -0.39 is 0 Å². The third kappa shape index (κ3) is 5.45. The summed E-state index contributed by atoms with van der Waals surface area (Å²) in [6.45, 7) is 6.73. The first-order chi connectivity index (χ1) is 9.74. The molecule has 0 aliphatic heterocycles. The number of benzene rings is 1. The van der Waals surface area contributed by atoms with Crippen LogP contribution in [0.25, 0.3) is 0 Å². The molecule has 1 aromatic heterocycles. The summed E-state index contributed by atoms with van der Waals surface area (Å²) in [6.07, 6.45) is 1.01. The van der Waals surface area contributed by atoms with Gasteiger partial charge in [0.1, 0.15) is 0 Å². The van der Waals surface area contributed by atoms with E-state index in [9.17, 15) is 0 Å². The molecule has 0 unspecified atom stereocenters. The number of rotatable bonds is 8. The highest BCUT2D eigenvalue weighted by Crippen LogP contribution is 2.10. The van der Waals surface area contributed by atoms with Gasteiger partial charge in [0.15, 0.2) is 0 Å². The minimum absolute atomic E-state index is 0.515. The smallest absolute Gasteiger partial charge is 0.0717 e. The van der Waals surface area contributed by atoms with E-state index in [2.05, 4.69) is 60.9 Å². The summed E-state index contributed by atoms with van der Waals surface area (Å²) in [5.74, 6) is 0. The number of nitrogens with one attached hydrogen (secondary N) is 1. The van der Waals surface area contributed by atoms with Crippen LogP contribution in [-0.2, 0) is 24.3 Å². The van der Waals surface area contributed by atoms with Gasteiger partial charge in [-0.2, -0.15) is 0 Å². The van der Waals surface area contributed by atoms with Crippen LogP contribution in [0.3, 0.4) is 0 Å². The fourth-order valence-electron chi connectivity index (χ4n) is 1.97. The Morgan fingerprint density at radius 2 is 2.00 bits per heavy atom. The minimum Gasteiger partial charge on any atom is -0.376 e. The molecule has 1 aromatic carbocycles. The van der Waals surface area contributed by atoms with E-state index in [1.165, 1.54) is 16.0 Å². The number of hydrogen-bond acceptors (Lipinski definition) is 3. The molecule has 3 heteroatoms. The van der Waals surface area contributed by atoms with Gasteiger partial charge in [-0.25, -0.2) is 0 Å². The molecule has 1 heterocycles. The van der Waals surface area contributed by atoms with Crippen LogP contribution in [0.15, 0.2) is 41.8 Å². The van der Waals surface area contributed by atoms with E-state index >= 15 is 0 Å². The van der Waals surface area contributed by atoms with Crippen molar-refractivity contribution in [2.45, 2.75) is 39.5 Å². The molecule has 0 saturated heterocycles. The summed E-state index contributed by atoms with van der Waals surface area (Å²) >= 11 is 1.79. The molecule has 1 N–H and O–H groups in total. The predicted molar refractivity (Wildman–Crippen MR) is 86.1 cm³/mol. The Balaban J connectivity index is 1.73. The van der Waals surface area contributed by atoms with Crippen LogP contribution in [0, 0.1) is 0 Å². The normalized spacial score (nSPS) is 11.2. The Kier molecular flexibility index (Phi) is 6.25. The quantitative estimate of drug-likeness (QED) is 0.742. The molecule has 0 saturated carbocycles. The monoisotopic (exact) mass is 289 g/mol. The molecule has 0 radical (unpaired) electrons. The summed E-state index contributed by atoms with van der Waals surface area (Å²) in [5, 5.41) is 5.55. The summed E-state index contributed by atoms with van der Waals surface area (Å²) in [4.78, 5) is 1.39. The van der Waals surface area contributed by atoms with Gasteiger partial charge >= 0.3 is 0 Å². The average Bonchev–Trinajstić information content (AvgIpc) is 2.95. The van der Waals surface area contributed by atoms with E-state index in [1.807, 2.05) is 0 Å². The Bertz CT molecular complexity index is 493. The van der Waals surface area contributed by atoms with Gasteiger partial charge in [-0.05, 0) is 22.6 Å². The highest BCUT2D eigenvalue weighted by atomic mass is 32.1. The van der Waals surface area contributed by atoms with Crippen molar-refractivity contribution in [2.24, 2.45) is 0 Å². The van der Waals surface area contributed by atoms with Crippen LogP contribution in [0.4, 0.5) is 0 Å². The van der Waals surface area contributed by atoms with Gasteiger partial charge in [-0.1, -0.05) is 44.2 Å². The Hall–Kier alpha value is -1.16. The van der Waals surface area contributed by atoms with Crippen molar-refractivity contribution in [3.8, 4) is 0 Å². The second-order valence-electron chi connectivity index (χ2n) is 5.24. The number of thiophene rings is 1. The van der Waals surface area contributed by atoms with Gasteiger partial charge in [0.2, 0.25) is 0 Å². The first-order valence-corrected chi connectivity index (χ1v) is 8.03. The summed E-state index contributed by atoms with van der Waals surface area (Å²) in [5.41, 5.74) is 2.57. The van der Waals surface area contributed by atoms with Crippen molar-refractivity contribution in [3.05, 3.63) is 57.8 Å². The first-order valence-electron chi connectivity index (χ1n) is 7.15. The van der Waals surface area contributed by atoms with Gasteiger partial charge in [0, 0.05) is 23.9 Å². The van der Waals surface area contributed by atoms with E-state index in [4.69, 9.17) is 4.74 Å². The Morgan fingerprint density at radius 3 is 2.75 bits per heavy atom. The molecule has 2 aromatic rings. The zero-order valence-electron chi connectivity index (χ0n) is 12.3. The van der Waals surface area contributed by atoms with Crippen molar-refractivity contribution in [3.63, 3.8) is 0 Å². The highest BCUT2D eigenvalue weighted by molar-refractivity contribution is 7.09. The van der Waals surface area contributed by atoms with Crippen LogP contribution in [0.5, 0.6) is 0 Å². The van der Waals surface area contributed by atoms with Gasteiger partial charge in [-0.3, -0.25) is 0 Å². The Labute approximate surface area is 125 Å². The van der Waals surface area contributed by atoms with Crippen molar-refractivity contribution in [1.82, 2.24) is 5.32 Å². The third-order valence-electron chi connectivity index (χ3n) is 3.05. The third-order valence-corrected chi connectivity index (χ3v) is 3.98. The molecule has 2 rings (SSSR count). The molecular weight excluding hydrogens is 266 g/mol. The van der Waals surface area contributed by atoms with Crippen LogP contribution >= 0.6 is 11.3 Å². The highest BCUT2D eigenvalue weighted by Gasteiger charge is 1.99. The van der Waals surface area contributed by atoms with Crippen molar-refractivity contribution < 1.29 is 4.74 Å². The van der Waals surface area contributed by atoms with Gasteiger partial charge < -0.3 is 10.1 Å². The largest absolute Gasteiger partial charge is 0.376 e. The van der Waals surface area contributed by atoms with Crippen molar-refractivity contribution >= 4 is 11.3 Å². The maximum Gasteiger partial charge on any atom is 0.0717 e. The minimum atomic E-state index is 0.515. The lowest BCUT2D eigenvalue weighted by molar-refractivity contribution is 0.124. The fourth-order valence-corrected chi connectivity index (χ4v) is 2.66. The van der Waals surface area contributed by atoms with Crippen LogP contribution in [-0.4, -0.2) is 12.6 Å². The number of ether oxygens (including phenoxy) is 1. The van der Waals surface area contributed by atoms with E-state index in [-0.39, 0.29) is 0 Å². The second-order valence-corrected chi connectivity index (χ2v) is 6.27. The lowest BCUT2D eigenvalue weighted by Gasteiger charge is -2.09. The van der Waals surface area contributed by atoms with Gasteiger partial charge in [-0.15, -0.1) is 11.3 Å². The molecular formula is C17H23NOS. The lowest BCUT2D eigenvalue weighted by atomic mass is 10.1. The molecule has 0 spiro atoms.